The number of rotatable bonds is 3. The third-order valence-corrected chi connectivity index (χ3v) is 5.07. The SMILES string of the molecule is Cc1ccc(S(=O)(=O)/N=C2/CCC(c3ccccc3)=CN2)cc1. The number of aryl methyl sites for hydroxylation is 1. The van der Waals surface area contributed by atoms with Crippen LogP contribution in [0.1, 0.15) is 24.0 Å². The maximum Gasteiger partial charge on any atom is 0.283 e. The summed E-state index contributed by atoms with van der Waals surface area (Å²) < 4.78 is 28.6. The summed E-state index contributed by atoms with van der Waals surface area (Å²) in [4.78, 5) is 0.218. The highest BCUT2D eigenvalue weighted by Gasteiger charge is 2.16. The van der Waals surface area contributed by atoms with E-state index in [1.807, 2.05) is 43.5 Å². The van der Waals surface area contributed by atoms with E-state index in [1.165, 1.54) is 0 Å². The zero-order valence-corrected chi connectivity index (χ0v) is 13.7. The van der Waals surface area contributed by atoms with Gasteiger partial charge in [-0.3, -0.25) is 0 Å². The fraction of sp³-hybridized carbons (Fsp3) is 0.167. The molecule has 1 N–H and O–H groups in total. The molecule has 3 rings (SSSR count). The number of nitrogens with one attached hydrogen (secondary N) is 1. The van der Waals surface area contributed by atoms with E-state index in [-0.39, 0.29) is 4.90 Å². The van der Waals surface area contributed by atoms with Crippen LogP contribution in [0, 0.1) is 6.92 Å². The van der Waals surface area contributed by atoms with Crippen LogP contribution < -0.4 is 5.32 Å². The molecule has 0 atom stereocenters. The van der Waals surface area contributed by atoms with Crippen molar-refractivity contribution in [2.45, 2.75) is 24.7 Å². The molecule has 1 heterocycles. The lowest BCUT2D eigenvalue weighted by atomic mass is 10.00. The first kappa shape index (κ1) is 15.5. The zero-order valence-electron chi connectivity index (χ0n) is 12.9. The van der Waals surface area contributed by atoms with Crippen molar-refractivity contribution in [1.82, 2.24) is 5.32 Å². The van der Waals surface area contributed by atoms with Gasteiger partial charge in [0.05, 0.1) is 4.90 Å². The molecule has 0 aliphatic carbocycles. The molecular formula is C18H18N2O2S. The number of benzene rings is 2. The minimum absolute atomic E-state index is 0.218. The molecule has 0 radical (unpaired) electrons. The van der Waals surface area contributed by atoms with E-state index in [2.05, 4.69) is 9.71 Å². The molecule has 4 nitrogen and oxygen atoms in total. The van der Waals surface area contributed by atoms with Gasteiger partial charge in [0.15, 0.2) is 0 Å². The van der Waals surface area contributed by atoms with E-state index in [0.717, 1.165) is 23.1 Å². The number of nitrogens with zero attached hydrogens (tertiary/aromatic N) is 1. The Balaban J connectivity index is 1.80. The first-order valence-corrected chi connectivity index (χ1v) is 8.90. The van der Waals surface area contributed by atoms with Crippen LogP contribution in [0.2, 0.25) is 0 Å². The molecule has 1 aliphatic heterocycles. The van der Waals surface area contributed by atoms with Gasteiger partial charge in [0, 0.05) is 12.6 Å². The predicted octanol–water partition coefficient (Wildman–Crippen LogP) is 3.51. The molecule has 2 aromatic rings. The summed E-state index contributed by atoms with van der Waals surface area (Å²) in [6.07, 6.45) is 3.17. The van der Waals surface area contributed by atoms with Crippen molar-refractivity contribution in [3.05, 3.63) is 71.9 Å². The van der Waals surface area contributed by atoms with Crippen molar-refractivity contribution in [2.75, 3.05) is 0 Å². The fourth-order valence-electron chi connectivity index (χ4n) is 2.43. The van der Waals surface area contributed by atoms with Crippen molar-refractivity contribution in [2.24, 2.45) is 4.40 Å². The van der Waals surface area contributed by atoms with Crippen LogP contribution in [-0.2, 0) is 10.0 Å². The summed E-state index contributed by atoms with van der Waals surface area (Å²) >= 11 is 0. The average molecular weight is 326 g/mol. The maximum absolute atomic E-state index is 12.3. The molecule has 0 saturated carbocycles. The van der Waals surface area contributed by atoms with Gasteiger partial charge < -0.3 is 5.32 Å². The Hall–Kier alpha value is -2.40. The van der Waals surface area contributed by atoms with Crippen molar-refractivity contribution in [3.8, 4) is 0 Å². The topological polar surface area (TPSA) is 58.5 Å². The van der Waals surface area contributed by atoms with Gasteiger partial charge in [-0.15, -0.1) is 4.40 Å². The van der Waals surface area contributed by atoms with Gasteiger partial charge in [-0.2, -0.15) is 8.42 Å². The van der Waals surface area contributed by atoms with Crippen LogP contribution in [0.4, 0.5) is 0 Å². The summed E-state index contributed by atoms with van der Waals surface area (Å²) in [5.74, 6) is 0.477. The van der Waals surface area contributed by atoms with Crippen LogP contribution in [0.5, 0.6) is 0 Å². The molecule has 5 heteroatoms. The largest absolute Gasteiger partial charge is 0.349 e. The Morgan fingerprint density at radius 3 is 2.26 bits per heavy atom. The van der Waals surface area contributed by atoms with E-state index in [9.17, 15) is 8.42 Å². The average Bonchev–Trinajstić information content (AvgIpc) is 2.56. The highest BCUT2D eigenvalue weighted by molar-refractivity contribution is 7.90. The maximum atomic E-state index is 12.3. The molecular weight excluding hydrogens is 308 g/mol. The van der Waals surface area contributed by atoms with Crippen LogP contribution in [0.15, 0.2) is 70.1 Å². The number of allylic oxidation sites excluding steroid dienone is 1. The van der Waals surface area contributed by atoms with Crippen LogP contribution in [0.3, 0.4) is 0 Å². The lowest BCUT2D eigenvalue weighted by Crippen LogP contribution is -2.23. The van der Waals surface area contributed by atoms with E-state index in [4.69, 9.17) is 0 Å². The number of sulfonamides is 1. The lowest BCUT2D eigenvalue weighted by Gasteiger charge is -2.16. The highest BCUT2D eigenvalue weighted by Crippen LogP contribution is 2.22. The molecule has 23 heavy (non-hydrogen) atoms. The Kier molecular flexibility index (Phi) is 4.30. The van der Waals surface area contributed by atoms with E-state index in [1.54, 1.807) is 24.3 Å². The van der Waals surface area contributed by atoms with Gasteiger partial charge in [-0.1, -0.05) is 48.0 Å². The molecule has 2 aromatic carbocycles. The van der Waals surface area contributed by atoms with E-state index >= 15 is 0 Å². The molecule has 0 spiro atoms. The zero-order chi connectivity index (χ0) is 16.3. The standard InChI is InChI=1S/C18H18N2O2S/c1-14-7-10-17(11-8-14)23(21,22)20-18-12-9-16(13-19-18)15-5-3-2-4-6-15/h2-8,10-11,13H,9,12H2,1H3,(H,19,20). The number of hydrogen-bond acceptors (Lipinski definition) is 2. The monoisotopic (exact) mass is 326 g/mol. The van der Waals surface area contributed by atoms with E-state index in [0.29, 0.717) is 12.3 Å². The molecule has 0 aromatic heterocycles. The normalized spacial score (nSPS) is 16.7. The van der Waals surface area contributed by atoms with E-state index < -0.39 is 10.0 Å². The van der Waals surface area contributed by atoms with Gasteiger partial charge in [0.25, 0.3) is 10.0 Å². The van der Waals surface area contributed by atoms with Gasteiger partial charge in [-0.05, 0) is 36.6 Å². The van der Waals surface area contributed by atoms with Crippen molar-refractivity contribution < 1.29 is 8.42 Å². The molecule has 0 fully saturated rings. The third-order valence-electron chi connectivity index (χ3n) is 3.74. The molecule has 118 valence electrons. The van der Waals surface area contributed by atoms with Gasteiger partial charge in [0.1, 0.15) is 5.84 Å². The minimum Gasteiger partial charge on any atom is -0.349 e. The highest BCUT2D eigenvalue weighted by atomic mass is 32.2. The van der Waals surface area contributed by atoms with Crippen molar-refractivity contribution >= 4 is 21.4 Å². The van der Waals surface area contributed by atoms with Gasteiger partial charge >= 0.3 is 0 Å². The second-order valence-corrected chi connectivity index (χ2v) is 7.11. The quantitative estimate of drug-likeness (QED) is 0.939. The number of hydrogen-bond donors (Lipinski definition) is 1. The minimum atomic E-state index is -3.66. The summed E-state index contributed by atoms with van der Waals surface area (Å²) in [5.41, 5.74) is 3.31. The first-order valence-electron chi connectivity index (χ1n) is 7.46. The Morgan fingerprint density at radius 2 is 1.65 bits per heavy atom. The van der Waals surface area contributed by atoms with Gasteiger partial charge in [-0.25, -0.2) is 0 Å². The Labute approximate surface area is 136 Å². The van der Waals surface area contributed by atoms with Gasteiger partial charge in [0.2, 0.25) is 0 Å². The molecule has 0 amide bonds. The fourth-order valence-corrected chi connectivity index (χ4v) is 3.45. The van der Waals surface area contributed by atoms with Crippen molar-refractivity contribution in [1.29, 1.82) is 0 Å². The van der Waals surface area contributed by atoms with Crippen LogP contribution in [-0.4, -0.2) is 14.3 Å². The molecule has 0 saturated heterocycles. The summed E-state index contributed by atoms with van der Waals surface area (Å²) in [5, 5.41) is 3.01. The third kappa shape index (κ3) is 3.68. The van der Waals surface area contributed by atoms with Crippen LogP contribution in [0.25, 0.3) is 5.57 Å². The predicted molar refractivity (Wildman–Crippen MR) is 92.6 cm³/mol. The first-order chi connectivity index (χ1) is 11.0. The van der Waals surface area contributed by atoms with Crippen LogP contribution >= 0.6 is 0 Å². The molecule has 1 aliphatic rings. The number of amidine groups is 1. The molecule has 0 bridgehead atoms. The second-order valence-electron chi connectivity index (χ2n) is 5.51. The summed E-state index contributed by atoms with van der Waals surface area (Å²) in [6, 6.07) is 16.7. The summed E-state index contributed by atoms with van der Waals surface area (Å²) in [7, 11) is -3.66. The molecule has 0 unspecified atom stereocenters. The Bertz CT molecular complexity index is 852. The van der Waals surface area contributed by atoms with Crippen molar-refractivity contribution in [3.63, 3.8) is 0 Å². The lowest BCUT2D eigenvalue weighted by molar-refractivity contribution is 0.597. The summed E-state index contributed by atoms with van der Waals surface area (Å²) in [6.45, 7) is 1.92. The Morgan fingerprint density at radius 1 is 0.957 bits per heavy atom. The second kappa shape index (κ2) is 6.38. The smallest absolute Gasteiger partial charge is 0.283 e.